The van der Waals surface area contributed by atoms with Crippen molar-refractivity contribution in [3.05, 3.63) is 23.8 Å². The first-order valence-corrected chi connectivity index (χ1v) is 4.35. The van der Waals surface area contributed by atoms with E-state index < -0.39 is 11.3 Å². The minimum atomic E-state index is -0.810. The highest BCUT2D eigenvalue weighted by atomic mass is 16.3. The van der Waals surface area contributed by atoms with Crippen LogP contribution in [0.5, 0.6) is 0 Å². The molecule has 1 atom stereocenters. The number of primary amides is 1. The summed E-state index contributed by atoms with van der Waals surface area (Å²) in [5.41, 5.74) is 4.98. The summed E-state index contributed by atoms with van der Waals surface area (Å²) in [4.78, 5) is 11.2. The Hall–Kier alpha value is -1.60. The molecule has 0 fully saturated rings. The Bertz CT molecular complexity index is 339. The molecule has 4 heteroatoms. The molecule has 1 aliphatic rings. The molecule has 4 nitrogen and oxygen atoms in total. The van der Waals surface area contributed by atoms with Gasteiger partial charge in [-0.1, -0.05) is 12.2 Å². The van der Waals surface area contributed by atoms with E-state index in [1.54, 1.807) is 18.2 Å². The number of aliphatic hydroxyl groups is 1. The first-order chi connectivity index (χ1) is 6.64. The van der Waals surface area contributed by atoms with E-state index in [2.05, 4.69) is 0 Å². The molecular weight excluding hydrogens is 180 g/mol. The first kappa shape index (κ1) is 10.5. The van der Waals surface area contributed by atoms with Gasteiger partial charge in [-0.25, -0.2) is 0 Å². The highest BCUT2D eigenvalue weighted by Crippen LogP contribution is 2.32. The molecule has 0 saturated heterocycles. The van der Waals surface area contributed by atoms with Gasteiger partial charge in [-0.3, -0.25) is 4.79 Å². The van der Waals surface area contributed by atoms with Gasteiger partial charge in [-0.15, -0.1) is 0 Å². The van der Waals surface area contributed by atoms with Crippen LogP contribution in [0.2, 0.25) is 0 Å². The second kappa shape index (κ2) is 4.07. The zero-order valence-electron chi connectivity index (χ0n) is 7.73. The third kappa shape index (κ3) is 1.83. The Balaban J connectivity index is 2.88. The molecule has 3 N–H and O–H groups in total. The van der Waals surface area contributed by atoms with Crippen molar-refractivity contribution >= 4 is 5.91 Å². The van der Waals surface area contributed by atoms with Crippen molar-refractivity contribution in [3.8, 4) is 6.07 Å². The molecule has 14 heavy (non-hydrogen) atoms. The van der Waals surface area contributed by atoms with Crippen LogP contribution in [0.4, 0.5) is 0 Å². The standard InChI is InChI=1S/C10H12N2O2/c11-7-8-1-3-10(4-2-8,5-6-13)9(12)14/h1-3,13H,4-6H2,(H2,12,14). The summed E-state index contributed by atoms with van der Waals surface area (Å²) in [6.45, 7) is -0.0942. The lowest BCUT2D eigenvalue weighted by molar-refractivity contribution is -0.125. The fraction of sp³-hybridized carbons (Fsp3) is 0.400. The summed E-state index contributed by atoms with van der Waals surface area (Å²) in [5.74, 6) is -0.462. The van der Waals surface area contributed by atoms with Crippen LogP contribution < -0.4 is 5.73 Å². The van der Waals surface area contributed by atoms with E-state index in [0.29, 0.717) is 18.4 Å². The molecule has 0 spiro atoms. The lowest BCUT2D eigenvalue weighted by atomic mass is 9.77. The maximum Gasteiger partial charge on any atom is 0.227 e. The Morgan fingerprint density at radius 3 is 2.86 bits per heavy atom. The largest absolute Gasteiger partial charge is 0.396 e. The molecule has 0 saturated carbocycles. The normalized spacial score (nSPS) is 25.3. The third-order valence-corrected chi connectivity index (χ3v) is 2.45. The van der Waals surface area contributed by atoms with E-state index in [1.807, 2.05) is 6.07 Å². The Morgan fingerprint density at radius 2 is 2.50 bits per heavy atom. The van der Waals surface area contributed by atoms with Crippen LogP contribution in [-0.4, -0.2) is 17.6 Å². The molecule has 0 aliphatic heterocycles. The van der Waals surface area contributed by atoms with Crippen LogP contribution in [0.3, 0.4) is 0 Å². The molecule has 0 aromatic carbocycles. The average molecular weight is 192 g/mol. The first-order valence-electron chi connectivity index (χ1n) is 4.35. The lowest BCUT2D eigenvalue weighted by Gasteiger charge is -2.27. The summed E-state index contributed by atoms with van der Waals surface area (Å²) >= 11 is 0. The van der Waals surface area contributed by atoms with Gasteiger partial charge in [0.15, 0.2) is 0 Å². The van der Waals surface area contributed by atoms with Crippen LogP contribution >= 0.6 is 0 Å². The van der Waals surface area contributed by atoms with Crippen LogP contribution in [0.25, 0.3) is 0 Å². The molecule has 1 rings (SSSR count). The smallest absolute Gasteiger partial charge is 0.227 e. The second-order valence-corrected chi connectivity index (χ2v) is 3.30. The Morgan fingerprint density at radius 1 is 1.79 bits per heavy atom. The number of nitriles is 1. The number of hydrogen-bond donors (Lipinski definition) is 2. The van der Waals surface area contributed by atoms with Gasteiger partial charge in [0.1, 0.15) is 0 Å². The zero-order chi connectivity index (χ0) is 10.6. The van der Waals surface area contributed by atoms with Crippen molar-refractivity contribution < 1.29 is 9.90 Å². The number of hydrogen-bond acceptors (Lipinski definition) is 3. The maximum atomic E-state index is 11.2. The van der Waals surface area contributed by atoms with Gasteiger partial charge < -0.3 is 10.8 Å². The summed E-state index contributed by atoms with van der Waals surface area (Å²) in [5, 5.41) is 17.4. The fourth-order valence-corrected chi connectivity index (χ4v) is 1.45. The second-order valence-electron chi connectivity index (χ2n) is 3.30. The van der Waals surface area contributed by atoms with Crippen molar-refractivity contribution in [1.82, 2.24) is 0 Å². The van der Waals surface area contributed by atoms with Crippen molar-refractivity contribution in [2.45, 2.75) is 12.8 Å². The molecule has 0 aromatic rings. The van der Waals surface area contributed by atoms with E-state index in [1.165, 1.54) is 0 Å². The number of carbonyl (C=O) groups excluding carboxylic acids is 1. The topological polar surface area (TPSA) is 87.1 Å². The number of nitrogens with two attached hydrogens (primary N) is 1. The quantitative estimate of drug-likeness (QED) is 0.671. The molecular formula is C10H12N2O2. The van der Waals surface area contributed by atoms with Crippen LogP contribution in [0.1, 0.15) is 12.8 Å². The summed E-state index contributed by atoms with van der Waals surface area (Å²) in [6, 6.07) is 1.98. The summed E-state index contributed by atoms with van der Waals surface area (Å²) in [7, 11) is 0. The van der Waals surface area contributed by atoms with Crippen molar-refractivity contribution in [2.24, 2.45) is 11.1 Å². The van der Waals surface area contributed by atoms with E-state index in [4.69, 9.17) is 16.1 Å². The molecule has 0 radical (unpaired) electrons. The number of allylic oxidation sites excluding steroid dienone is 3. The van der Waals surface area contributed by atoms with E-state index >= 15 is 0 Å². The Kier molecular flexibility index (Phi) is 3.05. The van der Waals surface area contributed by atoms with Crippen LogP contribution in [0, 0.1) is 16.7 Å². The number of carbonyl (C=O) groups is 1. The number of amides is 1. The van der Waals surface area contributed by atoms with Crippen molar-refractivity contribution in [1.29, 1.82) is 5.26 Å². The highest BCUT2D eigenvalue weighted by molar-refractivity contribution is 5.83. The molecule has 1 amide bonds. The zero-order valence-corrected chi connectivity index (χ0v) is 7.73. The predicted octanol–water partition coefficient (Wildman–Crippen LogP) is 0.250. The predicted molar refractivity (Wildman–Crippen MR) is 50.8 cm³/mol. The monoisotopic (exact) mass is 192 g/mol. The average Bonchev–Trinajstić information content (AvgIpc) is 2.19. The third-order valence-electron chi connectivity index (χ3n) is 2.45. The molecule has 1 aliphatic carbocycles. The van der Waals surface area contributed by atoms with Crippen molar-refractivity contribution in [2.75, 3.05) is 6.61 Å². The van der Waals surface area contributed by atoms with E-state index in [9.17, 15) is 4.79 Å². The van der Waals surface area contributed by atoms with Gasteiger partial charge in [0, 0.05) is 12.2 Å². The fourth-order valence-electron chi connectivity index (χ4n) is 1.45. The number of aliphatic hydroxyl groups excluding tert-OH is 1. The van der Waals surface area contributed by atoms with Gasteiger partial charge >= 0.3 is 0 Å². The van der Waals surface area contributed by atoms with Gasteiger partial charge in [0.25, 0.3) is 0 Å². The maximum absolute atomic E-state index is 11.2. The Labute approximate surface area is 82.3 Å². The van der Waals surface area contributed by atoms with E-state index in [0.717, 1.165) is 0 Å². The number of rotatable bonds is 3. The van der Waals surface area contributed by atoms with Crippen molar-refractivity contribution in [3.63, 3.8) is 0 Å². The summed E-state index contributed by atoms with van der Waals surface area (Å²) < 4.78 is 0. The van der Waals surface area contributed by atoms with E-state index in [-0.39, 0.29) is 6.61 Å². The van der Waals surface area contributed by atoms with Gasteiger partial charge in [0.05, 0.1) is 11.5 Å². The van der Waals surface area contributed by atoms with Crippen LogP contribution in [-0.2, 0) is 4.79 Å². The highest BCUT2D eigenvalue weighted by Gasteiger charge is 2.33. The lowest BCUT2D eigenvalue weighted by Crippen LogP contribution is -2.36. The summed E-state index contributed by atoms with van der Waals surface area (Å²) in [6.07, 6.45) is 5.55. The minimum Gasteiger partial charge on any atom is -0.396 e. The van der Waals surface area contributed by atoms with Gasteiger partial charge in [0.2, 0.25) is 5.91 Å². The van der Waals surface area contributed by atoms with Gasteiger partial charge in [-0.05, 0) is 18.9 Å². The number of nitrogens with zero attached hydrogens (tertiary/aromatic N) is 1. The molecule has 0 bridgehead atoms. The molecule has 0 aromatic heterocycles. The molecule has 0 heterocycles. The minimum absolute atomic E-state index is 0.0942. The molecule has 1 unspecified atom stereocenters. The van der Waals surface area contributed by atoms with Gasteiger partial charge in [-0.2, -0.15) is 5.26 Å². The van der Waals surface area contributed by atoms with Crippen LogP contribution in [0.15, 0.2) is 23.8 Å². The SMILES string of the molecule is N#CC1=CCC(CCO)(C(N)=O)C=C1. The molecule has 74 valence electrons.